The van der Waals surface area contributed by atoms with E-state index in [1.807, 2.05) is 18.7 Å². The van der Waals surface area contributed by atoms with Crippen molar-refractivity contribution < 1.29 is 4.79 Å². The number of nitrogens with two attached hydrogens (primary N) is 1. The highest BCUT2D eigenvalue weighted by Crippen LogP contribution is 2.21. The summed E-state index contributed by atoms with van der Waals surface area (Å²) in [5.41, 5.74) is 5.96. The van der Waals surface area contributed by atoms with Crippen LogP contribution in [0.25, 0.3) is 0 Å². The molecule has 6 heteroatoms. The largest absolute Gasteiger partial charge is 0.341 e. The summed E-state index contributed by atoms with van der Waals surface area (Å²) >= 11 is 0. The van der Waals surface area contributed by atoms with E-state index in [0.29, 0.717) is 0 Å². The van der Waals surface area contributed by atoms with Crippen LogP contribution < -0.4 is 5.73 Å². The average Bonchev–Trinajstić information content (AvgIpc) is 2.90. The van der Waals surface area contributed by atoms with E-state index in [4.69, 9.17) is 5.73 Å². The molecule has 0 saturated carbocycles. The summed E-state index contributed by atoms with van der Waals surface area (Å²) in [4.78, 5) is 16.7. The van der Waals surface area contributed by atoms with E-state index in [9.17, 15) is 4.79 Å². The molecule has 2 heterocycles. The number of halogens is 2. The Balaban J connectivity index is 0.00000200. The van der Waals surface area contributed by atoms with Crippen molar-refractivity contribution in [2.24, 2.45) is 17.6 Å². The zero-order valence-electron chi connectivity index (χ0n) is 13.3. The molecule has 0 aromatic rings. The number of amides is 1. The number of rotatable bonds is 4. The minimum absolute atomic E-state index is 0. The maximum atomic E-state index is 12.2. The van der Waals surface area contributed by atoms with Crippen molar-refractivity contribution >= 4 is 30.7 Å². The maximum absolute atomic E-state index is 12.2. The molecule has 0 spiro atoms. The molecule has 2 fully saturated rings. The molecule has 1 atom stereocenters. The van der Waals surface area contributed by atoms with E-state index >= 15 is 0 Å². The second kappa shape index (κ2) is 9.88. The van der Waals surface area contributed by atoms with Gasteiger partial charge >= 0.3 is 0 Å². The predicted molar refractivity (Wildman–Crippen MR) is 92.3 cm³/mol. The molecular weight excluding hydrogens is 309 g/mol. The van der Waals surface area contributed by atoms with Crippen molar-refractivity contribution in [3.8, 4) is 0 Å². The van der Waals surface area contributed by atoms with Crippen LogP contribution in [0.3, 0.4) is 0 Å². The number of hydrogen-bond acceptors (Lipinski definition) is 3. The van der Waals surface area contributed by atoms with Crippen molar-refractivity contribution in [2.45, 2.75) is 45.6 Å². The van der Waals surface area contributed by atoms with E-state index in [1.54, 1.807) is 0 Å². The number of likely N-dealkylation sites (tertiary alicyclic amines) is 2. The van der Waals surface area contributed by atoms with Gasteiger partial charge in [0.05, 0.1) is 6.04 Å². The molecule has 1 amide bonds. The molecule has 2 rings (SSSR count). The van der Waals surface area contributed by atoms with Crippen LogP contribution in [0.4, 0.5) is 0 Å². The van der Waals surface area contributed by atoms with Gasteiger partial charge in [0.1, 0.15) is 0 Å². The highest BCUT2D eigenvalue weighted by Gasteiger charge is 2.28. The van der Waals surface area contributed by atoms with Crippen LogP contribution in [0.2, 0.25) is 0 Å². The standard InChI is InChI=1S/C15H29N3O.2ClH/c1-12(2)14(16)15(19)18-9-5-13(6-10-18)11-17-7-3-4-8-17;;/h12-14H,3-11,16H2,1-2H3;2*1H. The van der Waals surface area contributed by atoms with Crippen LogP contribution in [0.15, 0.2) is 0 Å². The van der Waals surface area contributed by atoms with E-state index < -0.39 is 0 Å². The third-order valence-corrected chi connectivity index (χ3v) is 4.64. The van der Waals surface area contributed by atoms with Gasteiger partial charge in [0.2, 0.25) is 5.91 Å². The van der Waals surface area contributed by atoms with Crippen molar-refractivity contribution in [1.29, 1.82) is 0 Å². The molecule has 0 bridgehead atoms. The predicted octanol–water partition coefficient (Wildman–Crippen LogP) is 2.15. The first kappa shape index (κ1) is 21.0. The molecule has 4 nitrogen and oxygen atoms in total. The first-order valence-corrected chi connectivity index (χ1v) is 7.84. The summed E-state index contributed by atoms with van der Waals surface area (Å²) in [6.07, 6.45) is 5.02. The van der Waals surface area contributed by atoms with Gasteiger partial charge in [-0.2, -0.15) is 0 Å². The van der Waals surface area contributed by atoms with Gasteiger partial charge in [-0.3, -0.25) is 4.79 Å². The molecule has 2 aliphatic heterocycles. The van der Waals surface area contributed by atoms with Gasteiger partial charge in [-0.15, -0.1) is 24.8 Å². The van der Waals surface area contributed by atoms with Crippen molar-refractivity contribution in [2.75, 3.05) is 32.7 Å². The monoisotopic (exact) mass is 339 g/mol. The Morgan fingerprint density at radius 1 is 1.10 bits per heavy atom. The number of carbonyl (C=O) groups excluding carboxylic acids is 1. The molecule has 0 aromatic heterocycles. The number of hydrogen-bond donors (Lipinski definition) is 1. The Morgan fingerprint density at radius 2 is 1.62 bits per heavy atom. The molecule has 2 saturated heterocycles. The van der Waals surface area contributed by atoms with Gasteiger partial charge in [-0.25, -0.2) is 0 Å². The van der Waals surface area contributed by atoms with E-state index in [0.717, 1.165) is 31.8 Å². The van der Waals surface area contributed by atoms with Crippen molar-refractivity contribution in [1.82, 2.24) is 9.80 Å². The summed E-state index contributed by atoms with van der Waals surface area (Å²) in [5.74, 6) is 1.15. The normalized spacial score (nSPS) is 21.8. The van der Waals surface area contributed by atoms with Crippen LogP contribution in [0, 0.1) is 11.8 Å². The number of carbonyl (C=O) groups is 1. The topological polar surface area (TPSA) is 49.6 Å². The van der Waals surface area contributed by atoms with Crippen LogP contribution in [0.1, 0.15) is 39.5 Å². The lowest BCUT2D eigenvalue weighted by Gasteiger charge is -2.35. The third-order valence-electron chi connectivity index (χ3n) is 4.64. The van der Waals surface area contributed by atoms with E-state index in [1.165, 1.54) is 32.5 Å². The quantitative estimate of drug-likeness (QED) is 0.853. The fraction of sp³-hybridized carbons (Fsp3) is 0.933. The summed E-state index contributed by atoms with van der Waals surface area (Å²) in [5, 5.41) is 0. The van der Waals surface area contributed by atoms with Crippen LogP contribution >= 0.6 is 24.8 Å². The second-order valence-electron chi connectivity index (χ2n) is 6.55. The Hall–Kier alpha value is -0.0300. The first-order valence-electron chi connectivity index (χ1n) is 7.84. The smallest absolute Gasteiger partial charge is 0.239 e. The second-order valence-corrected chi connectivity index (χ2v) is 6.55. The molecule has 1 unspecified atom stereocenters. The zero-order valence-corrected chi connectivity index (χ0v) is 14.9. The molecule has 0 aromatic carbocycles. The fourth-order valence-corrected chi connectivity index (χ4v) is 3.16. The number of nitrogens with zero attached hydrogens (tertiary/aromatic N) is 2. The lowest BCUT2D eigenvalue weighted by Crippen LogP contribution is -2.50. The molecule has 2 N–H and O–H groups in total. The summed E-state index contributed by atoms with van der Waals surface area (Å²) in [6.45, 7) is 9.62. The molecule has 126 valence electrons. The van der Waals surface area contributed by atoms with Crippen LogP contribution in [-0.4, -0.2) is 54.5 Å². The minimum Gasteiger partial charge on any atom is -0.341 e. The highest BCUT2D eigenvalue weighted by atomic mass is 35.5. The van der Waals surface area contributed by atoms with Crippen molar-refractivity contribution in [3.05, 3.63) is 0 Å². The summed E-state index contributed by atoms with van der Waals surface area (Å²) in [7, 11) is 0. The Kier molecular flexibility index (Phi) is 9.87. The van der Waals surface area contributed by atoms with E-state index in [-0.39, 0.29) is 42.7 Å². The molecular formula is C15H31Cl2N3O. The highest BCUT2D eigenvalue weighted by molar-refractivity contribution is 5.85. The fourth-order valence-electron chi connectivity index (χ4n) is 3.16. The van der Waals surface area contributed by atoms with Gasteiger partial charge in [-0.1, -0.05) is 13.8 Å². The zero-order chi connectivity index (χ0) is 13.8. The van der Waals surface area contributed by atoms with Gasteiger partial charge in [0.25, 0.3) is 0 Å². The third kappa shape index (κ3) is 5.93. The molecule has 21 heavy (non-hydrogen) atoms. The SMILES string of the molecule is CC(C)C(N)C(=O)N1CCC(CN2CCCC2)CC1.Cl.Cl. The Morgan fingerprint density at radius 3 is 2.10 bits per heavy atom. The molecule has 2 aliphatic rings. The first-order chi connectivity index (χ1) is 9.08. The summed E-state index contributed by atoms with van der Waals surface area (Å²) < 4.78 is 0. The Bertz CT molecular complexity index is 301. The van der Waals surface area contributed by atoms with Crippen molar-refractivity contribution in [3.63, 3.8) is 0 Å². The molecule has 0 aliphatic carbocycles. The van der Waals surface area contributed by atoms with Crippen LogP contribution in [-0.2, 0) is 4.79 Å². The molecule has 0 radical (unpaired) electrons. The minimum atomic E-state index is -0.324. The van der Waals surface area contributed by atoms with E-state index in [2.05, 4.69) is 4.90 Å². The maximum Gasteiger partial charge on any atom is 0.239 e. The Labute approximate surface area is 141 Å². The van der Waals surface area contributed by atoms with Crippen LogP contribution in [0.5, 0.6) is 0 Å². The lowest BCUT2D eigenvalue weighted by atomic mass is 9.95. The van der Waals surface area contributed by atoms with Gasteiger partial charge in [-0.05, 0) is 50.6 Å². The van der Waals surface area contributed by atoms with Gasteiger partial charge < -0.3 is 15.5 Å². The van der Waals surface area contributed by atoms with Gasteiger partial charge in [0.15, 0.2) is 0 Å². The average molecular weight is 340 g/mol. The lowest BCUT2D eigenvalue weighted by molar-refractivity contribution is -0.135. The van der Waals surface area contributed by atoms with Gasteiger partial charge in [0, 0.05) is 19.6 Å². The number of piperidine rings is 1. The summed E-state index contributed by atoms with van der Waals surface area (Å²) in [6, 6.07) is -0.324.